The van der Waals surface area contributed by atoms with E-state index in [-0.39, 0.29) is 17.7 Å². The summed E-state index contributed by atoms with van der Waals surface area (Å²) in [5.74, 6) is 0.118. The molecule has 1 N–H and O–H groups in total. The fourth-order valence-corrected chi connectivity index (χ4v) is 3.19. The predicted molar refractivity (Wildman–Crippen MR) is 97.1 cm³/mol. The Hall–Kier alpha value is -2.40. The van der Waals surface area contributed by atoms with Crippen LogP contribution >= 0.6 is 11.3 Å². The van der Waals surface area contributed by atoms with Crippen molar-refractivity contribution in [1.29, 1.82) is 0 Å². The number of carbonyl (C=O) groups is 2. The number of benzene rings is 1. The van der Waals surface area contributed by atoms with Gasteiger partial charge in [-0.25, -0.2) is 0 Å². The zero-order valence-corrected chi connectivity index (χ0v) is 14.2. The van der Waals surface area contributed by atoms with Crippen molar-refractivity contribution in [2.45, 2.75) is 19.4 Å². The number of hydrogen-bond acceptors (Lipinski definition) is 3. The number of nitrogens with zero attached hydrogens (tertiary/aromatic N) is 1. The Morgan fingerprint density at radius 3 is 2.79 bits per heavy atom. The third kappa shape index (κ3) is 4.11. The molecule has 0 spiro atoms. The minimum absolute atomic E-state index is 0.0427. The van der Waals surface area contributed by atoms with E-state index in [1.165, 1.54) is 0 Å². The maximum Gasteiger partial charge on any atom is 0.254 e. The Bertz CT molecular complexity index is 736. The molecular weight excluding hydrogens is 320 g/mol. The summed E-state index contributed by atoms with van der Waals surface area (Å²) >= 11 is 1.63. The maximum atomic E-state index is 12.8. The molecule has 0 aliphatic heterocycles. The normalized spacial score (nSPS) is 13.3. The first kappa shape index (κ1) is 16.5. The second kappa shape index (κ2) is 7.45. The first-order chi connectivity index (χ1) is 11.7. The SMILES string of the molecule is C=CCN(Cc1cccs1)C(=O)c1cccc(NC(=O)C2CC2)c1. The van der Waals surface area contributed by atoms with Gasteiger partial charge in [0.25, 0.3) is 5.91 Å². The monoisotopic (exact) mass is 340 g/mol. The standard InChI is InChI=1S/C19H20N2O2S/c1-2-10-21(13-17-7-4-11-24-17)19(23)15-5-3-6-16(12-15)20-18(22)14-8-9-14/h2-7,11-12,14H,1,8-10,13H2,(H,20,22). The van der Waals surface area contributed by atoms with Gasteiger partial charge in [0, 0.05) is 28.6 Å². The summed E-state index contributed by atoms with van der Waals surface area (Å²) in [7, 11) is 0. The van der Waals surface area contributed by atoms with Crippen LogP contribution in [0.15, 0.2) is 54.4 Å². The van der Waals surface area contributed by atoms with Crippen LogP contribution < -0.4 is 5.32 Å². The molecule has 0 atom stereocenters. The van der Waals surface area contributed by atoms with Crippen LogP contribution in [0.2, 0.25) is 0 Å². The van der Waals surface area contributed by atoms with Crippen LogP contribution in [-0.4, -0.2) is 23.3 Å². The van der Waals surface area contributed by atoms with Crippen LogP contribution in [0.25, 0.3) is 0 Å². The van der Waals surface area contributed by atoms with Crippen molar-refractivity contribution in [1.82, 2.24) is 4.90 Å². The molecule has 1 aliphatic rings. The van der Waals surface area contributed by atoms with E-state index in [0.717, 1.165) is 17.7 Å². The molecule has 1 fully saturated rings. The molecule has 3 rings (SSSR count). The van der Waals surface area contributed by atoms with Gasteiger partial charge in [0.1, 0.15) is 0 Å². The van der Waals surface area contributed by atoms with E-state index in [9.17, 15) is 9.59 Å². The van der Waals surface area contributed by atoms with Crippen molar-refractivity contribution in [3.8, 4) is 0 Å². The van der Waals surface area contributed by atoms with Crippen molar-refractivity contribution in [3.63, 3.8) is 0 Å². The van der Waals surface area contributed by atoms with Crippen LogP contribution in [0, 0.1) is 5.92 Å². The second-order valence-corrected chi connectivity index (χ2v) is 6.93. The average Bonchev–Trinajstić information content (AvgIpc) is 3.32. The zero-order valence-electron chi connectivity index (χ0n) is 13.4. The molecule has 0 saturated heterocycles. The van der Waals surface area contributed by atoms with Crippen LogP contribution in [0.4, 0.5) is 5.69 Å². The molecule has 124 valence electrons. The number of thiophene rings is 1. The third-order valence-electron chi connectivity index (χ3n) is 3.89. The van der Waals surface area contributed by atoms with Gasteiger partial charge in [-0.1, -0.05) is 18.2 Å². The van der Waals surface area contributed by atoms with Crippen LogP contribution in [0.3, 0.4) is 0 Å². The van der Waals surface area contributed by atoms with Crippen molar-refractivity contribution in [2.24, 2.45) is 5.92 Å². The lowest BCUT2D eigenvalue weighted by Crippen LogP contribution is -2.30. The van der Waals surface area contributed by atoms with E-state index >= 15 is 0 Å². The summed E-state index contributed by atoms with van der Waals surface area (Å²) in [4.78, 5) is 27.6. The van der Waals surface area contributed by atoms with Gasteiger partial charge in [-0.3, -0.25) is 9.59 Å². The lowest BCUT2D eigenvalue weighted by atomic mass is 10.1. The van der Waals surface area contributed by atoms with Crippen molar-refractivity contribution < 1.29 is 9.59 Å². The van der Waals surface area contributed by atoms with E-state index < -0.39 is 0 Å². The van der Waals surface area contributed by atoms with Gasteiger partial charge in [-0.05, 0) is 42.5 Å². The second-order valence-electron chi connectivity index (χ2n) is 5.90. The van der Waals surface area contributed by atoms with E-state index in [1.54, 1.807) is 40.5 Å². The Morgan fingerprint density at radius 1 is 1.29 bits per heavy atom. The van der Waals surface area contributed by atoms with Crippen LogP contribution in [0.5, 0.6) is 0 Å². The largest absolute Gasteiger partial charge is 0.330 e. The number of rotatable bonds is 7. The summed E-state index contributed by atoms with van der Waals surface area (Å²) in [6.45, 7) is 4.78. The molecule has 2 amide bonds. The Kier molecular flexibility index (Phi) is 5.11. The number of hydrogen-bond donors (Lipinski definition) is 1. The Balaban J connectivity index is 1.73. The molecule has 2 aromatic rings. The van der Waals surface area contributed by atoms with Gasteiger partial charge in [0.05, 0.1) is 6.54 Å². The van der Waals surface area contributed by atoms with Gasteiger partial charge in [-0.2, -0.15) is 0 Å². The number of amides is 2. The smallest absolute Gasteiger partial charge is 0.254 e. The Labute approximate surface area is 145 Å². The van der Waals surface area contributed by atoms with E-state index in [1.807, 2.05) is 23.6 Å². The molecule has 1 saturated carbocycles. The van der Waals surface area contributed by atoms with Crippen molar-refractivity contribution in [3.05, 3.63) is 64.9 Å². The Morgan fingerprint density at radius 2 is 2.12 bits per heavy atom. The molecule has 24 heavy (non-hydrogen) atoms. The molecule has 1 aromatic heterocycles. The molecule has 1 heterocycles. The first-order valence-electron chi connectivity index (χ1n) is 8.01. The highest BCUT2D eigenvalue weighted by Crippen LogP contribution is 2.30. The minimum atomic E-state index is -0.0641. The average molecular weight is 340 g/mol. The summed E-state index contributed by atoms with van der Waals surface area (Å²) in [5, 5.41) is 4.89. The molecule has 4 nitrogen and oxygen atoms in total. The summed E-state index contributed by atoms with van der Waals surface area (Å²) in [5.41, 5.74) is 1.24. The van der Waals surface area contributed by atoms with Crippen molar-refractivity contribution >= 4 is 28.8 Å². The molecular formula is C19H20N2O2S. The quantitative estimate of drug-likeness (QED) is 0.777. The molecule has 0 unspecified atom stereocenters. The van der Waals surface area contributed by atoms with Gasteiger partial charge in [-0.15, -0.1) is 17.9 Å². The zero-order chi connectivity index (χ0) is 16.9. The predicted octanol–water partition coefficient (Wildman–Crippen LogP) is 3.93. The highest BCUT2D eigenvalue weighted by atomic mass is 32.1. The number of nitrogens with one attached hydrogen (secondary N) is 1. The maximum absolute atomic E-state index is 12.8. The highest BCUT2D eigenvalue weighted by molar-refractivity contribution is 7.09. The van der Waals surface area contributed by atoms with E-state index in [0.29, 0.717) is 24.3 Å². The van der Waals surface area contributed by atoms with E-state index in [4.69, 9.17) is 0 Å². The molecule has 0 radical (unpaired) electrons. The molecule has 1 aromatic carbocycles. The molecule has 5 heteroatoms. The lowest BCUT2D eigenvalue weighted by Gasteiger charge is -2.21. The van der Waals surface area contributed by atoms with Crippen LogP contribution in [0.1, 0.15) is 28.1 Å². The fourth-order valence-electron chi connectivity index (χ4n) is 2.47. The van der Waals surface area contributed by atoms with Crippen LogP contribution in [-0.2, 0) is 11.3 Å². The van der Waals surface area contributed by atoms with Gasteiger partial charge in [0.15, 0.2) is 0 Å². The first-order valence-corrected chi connectivity index (χ1v) is 8.89. The summed E-state index contributed by atoms with van der Waals surface area (Å²) in [6.07, 6.45) is 3.64. The summed E-state index contributed by atoms with van der Waals surface area (Å²) < 4.78 is 0. The van der Waals surface area contributed by atoms with Gasteiger partial charge in [0.2, 0.25) is 5.91 Å². The lowest BCUT2D eigenvalue weighted by molar-refractivity contribution is -0.117. The van der Waals surface area contributed by atoms with Gasteiger partial charge < -0.3 is 10.2 Å². The highest BCUT2D eigenvalue weighted by Gasteiger charge is 2.29. The topological polar surface area (TPSA) is 49.4 Å². The molecule has 1 aliphatic carbocycles. The fraction of sp³-hybridized carbons (Fsp3) is 0.263. The molecule has 0 bridgehead atoms. The van der Waals surface area contributed by atoms with Gasteiger partial charge >= 0.3 is 0 Å². The number of anilines is 1. The minimum Gasteiger partial charge on any atom is -0.330 e. The summed E-state index contributed by atoms with van der Waals surface area (Å²) in [6, 6.07) is 11.1. The van der Waals surface area contributed by atoms with Crippen molar-refractivity contribution in [2.75, 3.05) is 11.9 Å². The third-order valence-corrected chi connectivity index (χ3v) is 4.75. The van der Waals surface area contributed by atoms with E-state index in [2.05, 4.69) is 11.9 Å². The number of carbonyl (C=O) groups excluding carboxylic acids is 2.